The third-order valence-corrected chi connectivity index (χ3v) is 5.17. The summed E-state index contributed by atoms with van der Waals surface area (Å²) in [4.78, 5) is 28.7. The van der Waals surface area contributed by atoms with E-state index in [1.54, 1.807) is 6.20 Å². The third-order valence-electron chi connectivity index (χ3n) is 5.17. The number of aromatic nitrogens is 1. The lowest BCUT2D eigenvalue weighted by atomic mass is 9.98. The molecule has 0 unspecified atom stereocenters. The van der Waals surface area contributed by atoms with Gasteiger partial charge in [-0.25, -0.2) is 4.79 Å². The second-order valence-corrected chi connectivity index (χ2v) is 6.88. The summed E-state index contributed by atoms with van der Waals surface area (Å²) in [5, 5.41) is 14.4. The van der Waals surface area contributed by atoms with Crippen LogP contribution in [0.3, 0.4) is 0 Å². The van der Waals surface area contributed by atoms with Crippen molar-refractivity contribution in [3.05, 3.63) is 77.1 Å². The van der Waals surface area contributed by atoms with Crippen LogP contribution in [0.25, 0.3) is 10.8 Å². The Kier molecular flexibility index (Phi) is 4.59. The van der Waals surface area contributed by atoms with Gasteiger partial charge in [0.1, 0.15) is 6.04 Å². The monoisotopic (exact) mass is 360 g/mol. The topological polar surface area (TPSA) is 79.3 Å². The van der Waals surface area contributed by atoms with Crippen LogP contribution in [-0.2, 0) is 24.1 Å². The highest BCUT2D eigenvalue weighted by Crippen LogP contribution is 2.24. The standard InChI is InChI=1S/C22H20N2O3/c25-21(19-13-23-12-16-8-4-10-18(16)19)24-20(22(26)27)11-15-7-3-6-14-5-1-2-9-17(14)15/h1-3,5-7,9,12-13,20H,4,8,10-11H2,(H,24,25)(H,26,27)/t20-/m0/s1. The number of nitrogens with zero attached hydrogens (tertiary/aromatic N) is 1. The minimum absolute atomic E-state index is 0.227. The molecule has 27 heavy (non-hydrogen) atoms. The van der Waals surface area contributed by atoms with Gasteiger partial charge in [0.2, 0.25) is 0 Å². The molecule has 5 heteroatoms. The summed E-state index contributed by atoms with van der Waals surface area (Å²) in [7, 11) is 0. The summed E-state index contributed by atoms with van der Waals surface area (Å²) in [6.07, 6.45) is 6.31. The molecule has 1 heterocycles. The van der Waals surface area contributed by atoms with E-state index in [0.717, 1.165) is 46.7 Å². The molecule has 1 aliphatic carbocycles. The highest BCUT2D eigenvalue weighted by molar-refractivity contribution is 5.98. The number of hydrogen-bond acceptors (Lipinski definition) is 3. The maximum atomic E-state index is 12.8. The first-order valence-corrected chi connectivity index (χ1v) is 9.09. The number of amides is 1. The smallest absolute Gasteiger partial charge is 0.326 e. The van der Waals surface area contributed by atoms with Gasteiger partial charge in [-0.15, -0.1) is 0 Å². The Hall–Kier alpha value is -3.21. The molecular weight excluding hydrogens is 340 g/mol. The van der Waals surface area contributed by atoms with Crippen molar-refractivity contribution in [3.8, 4) is 0 Å². The van der Waals surface area contributed by atoms with E-state index in [-0.39, 0.29) is 12.3 Å². The third kappa shape index (κ3) is 3.40. The van der Waals surface area contributed by atoms with Gasteiger partial charge in [-0.3, -0.25) is 9.78 Å². The molecule has 1 atom stereocenters. The largest absolute Gasteiger partial charge is 0.480 e. The second kappa shape index (κ2) is 7.19. The first-order valence-electron chi connectivity index (χ1n) is 9.09. The van der Waals surface area contributed by atoms with Crippen molar-refractivity contribution in [1.29, 1.82) is 0 Å². The molecule has 0 radical (unpaired) electrons. The molecule has 2 N–H and O–H groups in total. The van der Waals surface area contributed by atoms with Gasteiger partial charge in [0.15, 0.2) is 0 Å². The number of benzene rings is 2. The lowest BCUT2D eigenvalue weighted by Crippen LogP contribution is -2.42. The lowest BCUT2D eigenvalue weighted by molar-refractivity contribution is -0.139. The second-order valence-electron chi connectivity index (χ2n) is 6.88. The maximum Gasteiger partial charge on any atom is 0.326 e. The van der Waals surface area contributed by atoms with E-state index in [2.05, 4.69) is 10.3 Å². The molecule has 1 aromatic heterocycles. The molecule has 0 saturated carbocycles. The van der Waals surface area contributed by atoms with Crippen LogP contribution >= 0.6 is 0 Å². The van der Waals surface area contributed by atoms with Gasteiger partial charge in [-0.1, -0.05) is 42.5 Å². The van der Waals surface area contributed by atoms with E-state index >= 15 is 0 Å². The Morgan fingerprint density at radius 3 is 2.74 bits per heavy atom. The van der Waals surface area contributed by atoms with Gasteiger partial charge in [0, 0.05) is 18.8 Å². The first kappa shape index (κ1) is 17.2. The minimum atomic E-state index is -1.04. The van der Waals surface area contributed by atoms with Crippen molar-refractivity contribution in [2.75, 3.05) is 0 Å². The quantitative estimate of drug-likeness (QED) is 0.733. The number of nitrogens with one attached hydrogen (secondary N) is 1. The Bertz CT molecular complexity index is 1020. The predicted molar refractivity (Wildman–Crippen MR) is 103 cm³/mol. The first-order chi connectivity index (χ1) is 13.1. The molecular formula is C22H20N2O3. The average Bonchev–Trinajstić information content (AvgIpc) is 3.16. The van der Waals surface area contributed by atoms with E-state index in [0.29, 0.717) is 5.56 Å². The van der Waals surface area contributed by atoms with Gasteiger partial charge >= 0.3 is 5.97 Å². The van der Waals surface area contributed by atoms with Crippen LogP contribution in [0.2, 0.25) is 0 Å². The van der Waals surface area contributed by atoms with E-state index < -0.39 is 12.0 Å². The number of carbonyl (C=O) groups excluding carboxylic acids is 1. The zero-order valence-corrected chi connectivity index (χ0v) is 14.8. The molecule has 0 bridgehead atoms. The van der Waals surface area contributed by atoms with Crippen LogP contribution in [0, 0.1) is 0 Å². The molecule has 136 valence electrons. The average molecular weight is 360 g/mol. The van der Waals surface area contributed by atoms with Crippen LogP contribution < -0.4 is 5.32 Å². The summed E-state index contributed by atoms with van der Waals surface area (Å²) < 4.78 is 0. The van der Waals surface area contributed by atoms with Crippen molar-refractivity contribution < 1.29 is 14.7 Å². The SMILES string of the molecule is O=C(N[C@@H](Cc1cccc2ccccc12)C(=O)O)c1cncc2c1CCC2. The number of rotatable bonds is 5. The van der Waals surface area contributed by atoms with Crippen LogP contribution in [0.15, 0.2) is 54.9 Å². The Morgan fingerprint density at radius 2 is 1.89 bits per heavy atom. The maximum absolute atomic E-state index is 12.8. The zero-order chi connectivity index (χ0) is 18.8. The summed E-state index contributed by atoms with van der Waals surface area (Å²) in [5.74, 6) is -1.41. The predicted octanol–water partition coefficient (Wildman–Crippen LogP) is 3.15. The van der Waals surface area contributed by atoms with Crippen LogP contribution in [0.4, 0.5) is 0 Å². The highest BCUT2D eigenvalue weighted by Gasteiger charge is 2.25. The Labute approximate surface area is 157 Å². The van der Waals surface area contributed by atoms with Crippen molar-refractivity contribution in [3.63, 3.8) is 0 Å². The summed E-state index contributed by atoms with van der Waals surface area (Å²) in [6, 6.07) is 12.7. The molecule has 1 aliphatic rings. The van der Waals surface area contributed by atoms with Crippen molar-refractivity contribution in [2.45, 2.75) is 31.7 Å². The molecule has 0 fully saturated rings. The normalized spacial score (nSPS) is 13.9. The summed E-state index contributed by atoms with van der Waals surface area (Å²) >= 11 is 0. The molecule has 1 amide bonds. The minimum Gasteiger partial charge on any atom is -0.480 e. The van der Waals surface area contributed by atoms with Crippen LogP contribution in [-0.4, -0.2) is 28.0 Å². The number of carboxylic acid groups (broad SMARTS) is 1. The van der Waals surface area contributed by atoms with Gasteiger partial charge in [0.05, 0.1) is 5.56 Å². The molecule has 2 aromatic carbocycles. The number of carboxylic acids is 1. The van der Waals surface area contributed by atoms with Gasteiger partial charge in [-0.05, 0) is 46.7 Å². The van der Waals surface area contributed by atoms with Gasteiger partial charge < -0.3 is 10.4 Å². The van der Waals surface area contributed by atoms with Crippen molar-refractivity contribution >= 4 is 22.6 Å². The number of fused-ring (bicyclic) bond motifs is 2. The van der Waals surface area contributed by atoms with Gasteiger partial charge in [-0.2, -0.15) is 0 Å². The summed E-state index contributed by atoms with van der Waals surface area (Å²) in [5.41, 5.74) is 3.48. The van der Waals surface area contributed by atoms with E-state index in [9.17, 15) is 14.7 Å². The lowest BCUT2D eigenvalue weighted by Gasteiger charge is -2.17. The molecule has 4 rings (SSSR count). The summed E-state index contributed by atoms with van der Waals surface area (Å²) in [6.45, 7) is 0. The molecule has 0 spiro atoms. The van der Waals surface area contributed by atoms with E-state index in [4.69, 9.17) is 0 Å². The fourth-order valence-corrected chi connectivity index (χ4v) is 3.82. The van der Waals surface area contributed by atoms with Crippen molar-refractivity contribution in [2.24, 2.45) is 0 Å². The van der Waals surface area contributed by atoms with Crippen LogP contribution in [0.1, 0.15) is 33.5 Å². The fourth-order valence-electron chi connectivity index (χ4n) is 3.82. The molecule has 5 nitrogen and oxygen atoms in total. The number of hydrogen-bond donors (Lipinski definition) is 2. The van der Waals surface area contributed by atoms with E-state index in [1.807, 2.05) is 42.5 Å². The number of aryl methyl sites for hydroxylation is 1. The zero-order valence-electron chi connectivity index (χ0n) is 14.8. The molecule has 0 saturated heterocycles. The number of pyridine rings is 1. The fraction of sp³-hybridized carbons (Fsp3) is 0.227. The van der Waals surface area contributed by atoms with Gasteiger partial charge in [0.25, 0.3) is 5.91 Å². The molecule has 3 aromatic rings. The Balaban J connectivity index is 1.59. The Morgan fingerprint density at radius 1 is 1.07 bits per heavy atom. The van der Waals surface area contributed by atoms with Crippen molar-refractivity contribution in [1.82, 2.24) is 10.3 Å². The van der Waals surface area contributed by atoms with E-state index in [1.165, 1.54) is 6.20 Å². The highest BCUT2D eigenvalue weighted by atomic mass is 16.4. The number of carbonyl (C=O) groups is 2. The number of aliphatic carboxylic acids is 1. The van der Waals surface area contributed by atoms with Crippen LogP contribution in [0.5, 0.6) is 0 Å². The molecule has 0 aliphatic heterocycles.